The van der Waals surface area contributed by atoms with E-state index in [0.717, 1.165) is 27.4 Å². The van der Waals surface area contributed by atoms with E-state index in [2.05, 4.69) is 76.1 Å². The van der Waals surface area contributed by atoms with Crippen LogP contribution >= 0.6 is 47.8 Å². The number of nitrogens with zero attached hydrogens (tertiary/aromatic N) is 3. The van der Waals surface area contributed by atoms with Gasteiger partial charge < -0.3 is 0 Å². The lowest BCUT2D eigenvalue weighted by molar-refractivity contribution is 0.513. The molecule has 1 heterocycles. The lowest BCUT2D eigenvalue weighted by atomic mass is 9.81. The van der Waals surface area contributed by atoms with Gasteiger partial charge in [0.05, 0.1) is 0 Å². The molecule has 0 saturated carbocycles. The topological polar surface area (TPSA) is 30.7 Å². The third-order valence-electron chi connectivity index (χ3n) is 3.26. The zero-order valence-corrected chi connectivity index (χ0v) is 15.2. The minimum Gasteiger partial charge on any atom is -0.253 e. The van der Waals surface area contributed by atoms with Gasteiger partial charge in [0.2, 0.25) is 0 Å². The maximum atomic E-state index is 4.35. The van der Waals surface area contributed by atoms with Crippen molar-refractivity contribution in [1.82, 2.24) is 14.8 Å². The van der Waals surface area contributed by atoms with E-state index in [1.165, 1.54) is 5.56 Å². The van der Waals surface area contributed by atoms with Gasteiger partial charge in [-0.05, 0) is 11.6 Å². The molecule has 6 heteroatoms. The van der Waals surface area contributed by atoms with Gasteiger partial charge in [0.1, 0.15) is 12.2 Å². The Labute approximate surface area is 138 Å². The zero-order valence-electron chi connectivity index (χ0n) is 10.5. The molecule has 0 unspecified atom stereocenters. The minimum absolute atomic E-state index is 0.0547. The van der Waals surface area contributed by atoms with Gasteiger partial charge in [-0.1, -0.05) is 66.0 Å². The zero-order chi connectivity index (χ0) is 13.9. The van der Waals surface area contributed by atoms with Gasteiger partial charge in [0.25, 0.3) is 0 Å². The van der Waals surface area contributed by atoms with Gasteiger partial charge in [-0.15, -0.1) is 0 Å². The molecule has 0 N–H and O–H groups in total. The van der Waals surface area contributed by atoms with E-state index in [9.17, 15) is 0 Å². The van der Waals surface area contributed by atoms with E-state index in [1.807, 2.05) is 17.8 Å². The Morgan fingerprint density at radius 2 is 1.89 bits per heavy atom. The third kappa shape index (κ3) is 3.11. The Bertz CT molecular complexity index is 550. The van der Waals surface area contributed by atoms with Crippen LogP contribution in [0.15, 0.2) is 35.1 Å². The molecule has 19 heavy (non-hydrogen) atoms. The van der Waals surface area contributed by atoms with Crippen LogP contribution < -0.4 is 0 Å². The maximum absolute atomic E-state index is 4.35. The summed E-state index contributed by atoms with van der Waals surface area (Å²) in [5.41, 5.74) is 1.22. The van der Waals surface area contributed by atoms with Crippen LogP contribution in [0, 0.1) is 0 Å². The van der Waals surface area contributed by atoms with Gasteiger partial charge in [-0.2, -0.15) is 5.10 Å². The fraction of sp³-hybridized carbons (Fsp3) is 0.385. The number of hydrogen-bond donors (Lipinski definition) is 0. The number of benzene rings is 1. The van der Waals surface area contributed by atoms with Crippen LogP contribution in [0.2, 0.25) is 0 Å². The van der Waals surface area contributed by atoms with Crippen LogP contribution in [-0.2, 0) is 18.9 Å². The second kappa shape index (κ2) is 6.50. The molecule has 0 amide bonds. The fourth-order valence-corrected chi connectivity index (χ4v) is 4.68. The van der Waals surface area contributed by atoms with Crippen molar-refractivity contribution >= 4 is 47.8 Å². The largest absolute Gasteiger partial charge is 0.253 e. The second-order valence-corrected chi connectivity index (χ2v) is 6.48. The molecule has 0 aliphatic carbocycles. The molecule has 0 fully saturated rings. The molecule has 3 nitrogen and oxygen atoms in total. The standard InChI is InChI=1S/C13H14Br3N3/c1-19-12(17-9-18-19)6-13(7-14,8-15)10-4-2-3-5-11(10)16/h2-5,9H,6-8H2,1H3. The first-order valence-electron chi connectivity index (χ1n) is 5.83. The smallest absolute Gasteiger partial charge is 0.138 e. The van der Waals surface area contributed by atoms with E-state index in [1.54, 1.807) is 6.33 Å². The van der Waals surface area contributed by atoms with Gasteiger partial charge in [0, 0.05) is 34.0 Å². The lowest BCUT2D eigenvalue weighted by Crippen LogP contribution is -2.34. The predicted molar refractivity (Wildman–Crippen MR) is 88.1 cm³/mol. The first-order chi connectivity index (χ1) is 9.13. The normalized spacial score (nSPS) is 11.8. The molecule has 0 atom stereocenters. The average molecular weight is 452 g/mol. The van der Waals surface area contributed by atoms with Crippen molar-refractivity contribution in [2.75, 3.05) is 10.7 Å². The highest BCUT2D eigenvalue weighted by molar-refractivity contribution is 9.10. The van der Waals surface area contributed by atoms with Gasteiger partial charge in [-0.25, -0.2) is 4.98 Å². The van der Waals surface area contributed by atoms with E-state index in [-0.39, 0.29) is 5.41 Å². The SMILES string of the molecule is Cn1ncnc1CC(CBr)(CBr)c1ccccc1Br. The van der Waals surface area contributed by atoms with E-state index >= 15 is 0 Å². The molecule has 0 bridgehead atoms. The summed E-state index contributed by atoms with van der Waals surface area (Å²) in [6.45, 7) is 0. The summed E-state index contributed by atoms with van der Waals surface area (Å²) in [4.78, 5) is 4.35. The molecule has 1 aromatic carbocycles. The highest BCUT2D eigenvalue weighted by Gasteiger charge is 2.33. The van der Waals surface area contributed by atoms with Crippen LogP contribution in [0.1, 0.15) is 11.4 Å². The molecule has 0 saturated heterocycles. The van der Waals surface area contributed by atoms with Crippen LogP contribution in [0.25, 0.3) is 0 Å². The number of aryl methyl sites for hydroxylation is 1. The first-order valence-corrected chi connectivity index (χ1v) is 8.86. The number of alkyl halides is 2. The molecular weight excluding hydrogens is 438 g/mol. The van der Waals surface area contributed by atoms with Crippen molar-refractivity contribution < 1.29 is 0 Å². The van der Waals surface area contributed by atoms with Crippen molar-refractivity contribution in [3.05, 3.63) is 46.5 Å². The van der Waals surface area contributed by atoms with Gasteiger partial charge in [0.15, 0.2) is 0 Å². The van der Waals surface area contributed by atoms with E-state index in [0.29, 0.717) is 0 Å². The summed E-state index contributed by atoms with van der Waals surface area (Å²) in [6, 6.07) is 8.33. The van der Waals surface area contributed by atoms with Gasteiger partial charge in [-0.3, -0.25) is 4.68 Å². The summed E-state index contributed by atoms with van der Waals surface area (Å²) in [7, 11) is 1.93. The molecule has 1 aromatic heterocycles. The predicted octanol–water partition coefficient (Wildman–Crippen LogP) is 3.85. The second-order valence-electron chi connectivity index (χ2n) is 4.50. The maximum Gasteiger partial charge on any atom is 0.138 e. The number of hydrogen-bond acceptors (Lipinski definition) is 2. The number of aromatic nitrogens is 3. The molecular formula is C13H14Br3N3. The lowest BCUT2D eigenvalue weighted by Gasteiger charge is -2.31. The summed E-state index contributed by atoms with van der Waals surface area (Å²) < 4.78 is 2.95. The molecule has 0 spiro atoms. The summed E-state index contributed by atoms with van der Waals surface area (Å²) in [5.74, 6) is 0.981. The first kappa shape index (κ1) is 15.2. The monoisotopic (exact) mass is 449 g/mol. The van der Waals surface area contributed by atoms with Crippen LogP contribution in [-0.4, -0.2) is 25.4 Å². The molecule has 0 radical (unpaired) electrons. The molecule has 2 rings (SSSR count). The Balaban J connectivity index is 2.44. The van der Waals surface area contributed by atoms with Crippen molar-refractivity contribution in [2.24, 2.45) is 7.05 Å². The van der Waals surface area contributed by atoms with Crippen molar-refractivity contribution in [3.63, 3.8) is 0 Å². The highest BCUT2D eigenvalue weighted by atomic mass is 79.9. The van der Waals surface area contributed by atoms with Crippen molar-refractivity contribution in [1.29, 1.82) is 0 Å². The quantitative estimate of drug-likeness (QED) is 0.646. The average Bonchev–Trinajstić information content (AvgIpc) is 2.82. The molecule has 2 aromatic rings. The number of halogens is 3. The molecule has 102 valence electrons. The Morgan fingerprint density at radius 3 is 2.42 bits per heavy atom. The van der Waals surface area contributed by atoms with Crippen molar-refractivity contribution in [2.45, 2.75) is 11.8 Å². The minimum atomic E-state index is -0.0547. The summed E-state index contributed by atoms with van der Waals surface area (Å²) in [5, 5.41) is 5.84. The Morgan fingerprint density at radius 1 is 1.21 bits per heavy atom. The van der Waals surface area contributed by atoms with Gasteiger partial charge >= 0.3 is 0 Å². The van der Waals surface area contributed by atoms with Crippen molar-refractivity contribution in [3.8, 4) is 0 Å². The molecule has 0 aliphatic rings. The highest BCUT2D eigenvalue weighted by Crippen LogP contribution is 2.36. The van der Waals surface area contributed by atoms with Crippen LogP contribution in [0.4, 0.5) is 0 Å². The summed E-state index contributed by atoms with van der Waals surface area (Å²) >= 11 is 11.0. The third-order valence-corrected chi connectivity index (χ3v) is 6.10. The number of rotatable bonds is 5. The Kier molecular flexibility index (Phi) is 5.20. The van der Waals surface area contributed by atoms with Crippen LogP contribution in [0.5, 0.6) is 0 Å². The Hall–Kier alpha value is -0.200. The fourth-order valence-electron chi connectivity index (χ4n) is 2.04. The van der Waals surface area contributed by atoms with Crippen LogP contribution in [0.3, 0.4) is 0 Å². The molecule has 0 aliphatic heterocycles. The van der Waals surface area contributed by atoms with E-state index < -0.39 is 0 Å². The van der Waals surface area contributed by atoms with E-state index in [4.69, 9.17) is 0 Å². The summed E-state index contributed by atoms with van der Waals surface area (Å²) in [6.07, 6.45) is 2.42.